The lowest BCUT2D eigenvalue weighted by Crippen LogP contribution is -2.03. The number of carbonyl (C=O) groups excluding carboxylic acids is 1. The molecule has 1 aromatic heterocycles. The van der Waals surface area contributed by atoms with E-state index in [1.54, 1.807) is 0 Å². The molecule has 1 heterocycles. The second-order valence-corrected chi connectivity index (χ2v) is 4.03. The van der Waals surface area contributed by atoms with Crippen LogP contribution in [-0.4, -0.2) is 11.1 Å². The fraction of sp³-hybridized carbons (Fsp3) is 0.231. The van der Waals surface area contributed by atoms with E-state index in [9.17, 15) is 18.0 Å². The summed E-state index contributed by atoms with van der Waals surface area (Å²) in [5.74, 6) is -0.146. The average molecular weight is 285 g/mol. The first-order valence-electron chi connectivity index (χ1n) is 5.63. The SMILES string of the molecule is CC(=O)OCc1cc(-c2ccc(C(F)(F)F)cc2)no1. The molecule has 7 heteroatoms. The van der Waals surface area contributed by atoms with Gasteiger partial charge in [0.1, 0.15) is 5.69 Å². The third-order valence-corrected chi connectivity index (χ3v) is 2.48. The van der Waals surface area contributed by atoms with Crippen LogP contribution in [0.1, 0.15) is 18.2 Å². The van der Waals surface area contributed by atoms with Crippen LogP contribution in [0.5, 0.6) is 0 Å². The summed E-state index contributed by atoms with van der Waals surface area (Å²) in [6, 6.07) is 6.05. The fourth-order valence-electron chi connectivity index (χ4n) is 1.52. The van der Waals surface area contributed by atoms with Gasteiger partial charge in [-0.05, 0) is 12.1 Å². The molecule has 0 spiro atoms. The molecule has 0 N–H and O–H groups in total. The molecular formula is C13H10F3NO3. The number of esters is 1. The molecule has 0 aliphatic rings. The van der Waals surface area contributed by atoms with Gasteiger partial charge in [-0.1, -0.05) is 17.3 Å². The van der Waals surface area contributed by atoms with Crippen molar-refractivity contribution in [2.24, 2.45) is 0 Å². The molecule has 2 rings (SSSR count). The molecule has 0 amide bonds. The number of hydrogen-bond acceptors (Lipinski definition) is 4. The summed E-state index contributed by atoms with van der Waals surface area (Å²) in [6.45, 7) is 1.19. The van der Waals surface area contributed by atoms with Gasteiger partial charge in [0, 0.05) is 18.6 Å². The number of benzene rings is 1. The number of carbonyl (C=O) groups is 1. The molecule has 0 unspecified atom stereocenters. The number of ether oxygens (including phenoxy) is 1. The highest BCUT2D eigenvalue weighted by atomic mass is 19.4. The van der Waals surface area contributed by atoms with Crippen molar-refractivity contribution in [1.82, 2.24) is 5.16 Å². The number of nitrogens with zero attached hydrogens (tertiary/aromatic N) is 1. The van der Waals surface area contributed by atoms with Gasteiger partial charge < -0.3 is 9.26 Å². The normalized spacial score (nSPS) is 11.4. The summed E-state index contributed by atoms with van der Waals surface area (Å²) < 4.78 is 46.9. The van der Waals surface area contributed by atoms with Crippen molar-refractivity contribution in [2.45, 2.75) is 19.7 Å². The van der Waals surface area contributed by atoms with Crippen molar-refractivity contribution in [1.29, 1.82) is 0 Å². The summed E-state index contributed by atoms with van der Waals surface area (Å²) in [6.07, 6.45) is -4.37. The maximum atomic E-state index is 12.4. The standard InChI is InChI=1S/C13H10F3NO3/c1-8(18)19-7-11-6-12(17-20-11)9-2-4-10(5-3-9)13(14,15)16/h2-6H,7H2,1H3. The van der Waals surface area contributed by atoms with Gasteiger partial charge in [0.2, 0.25) is 0 Å². The van der Waals surface area contributed by atoms with Crippen LogP contribution in [0.2, 0.25) is 0 Å². The average Bonchev–Trinajstić information content (AvgIpc) is 2.84. The first-order valence-corrected chi connectivity index (χ1v) is 5.63. The maximum Gasteiger partial charge on any atom is 0.416 e. The zero-order chi connectivity index (χ0) is 14.8. The van der Waals surface area contributed by atoms with Gasteiger partial charge in [-0.2, -0.15) is 13.2 Å². The van der Waals surface area contributed by atoms with Crippen LogP contribution >= 0.6 is 0 Å². The predicted molar refractivity (Wildman–Crippen MR) is 62.4 cm³/mol. The van der Waals surface area contributed by atoms with Crippen LogP contribution in [0.15, 0.2) is 34.9 Å². The molecule has 106 valence electrons. The number of rotatable bonds is 3. The van der Waals surface area contributed by atoms with E-state index in [2.05, 4.69) is 5.16 Å². The van der Waals surface area contributed by atoms with E-state index in [4.69, 9.17) is 9.26 Å². The van der Waals surface area contributed by atoms with Crippen LogP contribution in [0.25, 0.3) is 11.3 Å². The topological polar surface area (TPSA) is 52.3 Å². The zero-order valence-corrected chi connectivity index (χ0v) is 10.4. The molecule has 0 aliphatic carbocycles. The Kier molecular flexibility index (Phi) is 3.78. The first kappa shape index (κ1) is 14.1. The molecule has 4 nitrogen and oxygen atoms in total. The highest BCUT2D eigenvalue weighted by Crippen LogP contribution is 2.30. The van der Waals surface area contributed by atoms with Gasteiger partial charge in [0.25, 0.3) is 0 Å². The quantitative estimate of drug-likeness (QED) is 0.811. The van der Waals surface area contributed by atoms with E-state index in [1.807, 2.05) is 0 Å². The molecule has 0 radical (unpaired) electrons. The van der Waals surface area contributed by atoms with Crippen molar-refractivity contribution >= 4 is 5.97 Å². The Morgan fingerprint density at radius 3 is 2.50 bits per heavy atom. The number of halogens is 3. The Labute approximate surface area is 112 Å². The minimum absolute atomic E-state index is 0.0665. The Balaban J connectivity index is 2.14. The lowest BCUT2D eigenvalue weighted by molar-refractivity contribution is -0.143. The summed E-state index contributed by atoms with van der Waals surface area (Å²) in [5, 5.41) is 3.71. The third kappa shape index (κ3) is 3.37. The van der Waals surface area contributed by atoms with E-state index in [0.717, 1.165) is 12.1 Å². The van der Waals surface area contributed by atoms with Crippen molar-refractivity contribution < 1.29 is 27.2 Å². The predicted octanol–water partition coefficient (Wildman–Crippen LogP) is 3.42. The van der Waals surface area contributed by atoms with E-state index in [0.29, 0.717) is 17.0 Å². The molecule has 0 fully saturated rings. The second-order valence-electron chi connectivity index (χ2n) is 4.03. The largest absolute Gasteiger partial charge is 0.458 e. The summed E-state index contributed by atoms with van der Waals surface area (Å²) in [5.41, 5.74) is 0.126. The first-order chi connectivity index (χ1) is 9.36. The smallest absolute Gasteiger partial charge is 0.416 e. The third-order valence-electron chi connectivity index (χ3n) is 2.48. The number of hydrogen-bond donors (Lipinski definition) is 0. The molecule has 0 aliphatic heterocycles. The maximum absolute atomic E-state index is 12.4. The van der Waals surface area contributed by atoms with E-state index in [1.165, 1.54) is 25.1 Å². The van der Waals surface area contributed by atoms with E-state index < -0.39 is 17.7 Å². The van der Waals surface area contributed by atoms with Gasteiger partial charge in [0.05, 0.1) is 5.56 Å². The molecule has 20 heavy (non-hydrogen) atoms. The van der Waals surface area contributed by atoms with Gasteiger partial charge in [-0.3, -0.25) is 4.79 Å². The van der Waals surface area contributed by atoms with Crippen molar-refractivity contribution in [3.8, 4) is 11.3 Å². The Morgan fingerprint density at radius 2 is 1.95 bits per heavy atom. The van der Waals surface area contributed by atoms with Crippen molar-refractivity contribution in [3.05, 3.63) is 41.7 Å². The van der Waals surface area contributed by atoms with Gasteiger partial charge in [0.15, 0.2) is 12.4 Å². The van der Waals surface area contributed by atoms with E-state index in [-0.39, 0.29) is 6.61 Å². The summed E-state index contributed by atoms with van der Waals surface area (Å²) >= 11 is 0. The van der Waals surface area contributed by atoms with Gasteiger partial charge >= 0.3 is 12.1 Å². The number of aromatic nitrogens is 1. The summed E-state index contributed by atoms with van der Waals surface area (Å²) in [7, 11) is 0. The molecule has 0 saturated heterocycles. The van der Waals surface area contributed by atoms with E-state index >= 15 is 0 Å². The summed E-state index contributed by atoms with van der Waals surface area (Å²) in [4.78, 5) is 10.6. The minimum atomic E-state index is -4.37. The van der Waals surface area contributed by atoms with Crippen LogP contribution in [0.4, 0.5) is 13.2 Å². The molecular weight excluding hydrogens is 275 g/mol. The fourth-order valence-corrected chi connectivity index (χ4v) is 1.52. The lowest BCUT2D eigenvalue weighted by Gasteiger charge is -2.06. The lowest BCUT2D eigenvalue weighted by atomic mass is 10.1. The van der Waals surface area contributed by atoms with Gasteiger partial charge in [-0.25, -0.2) is 0 Å². The van der Waals surface area contributed by atoms with Crippen LogP contribution in [-0.2, 0) is 22.3 Å². The molecule has 0 bridgehead atoms. The Bertz CT molecular complexity index is 602. The highest BCUT2D eigenvalue weighted by molar-refractivity contribution is 5.66. The molecule has 1 aromatic carbocycles. The van der Waals surface area contributed by atoms with Crippen molar-refractivity contribution in [2.75, 3.05) is 0 Å². The molecule has 2 aromatic rings. The van der Waals surface area contributed by atoms with Gasteiger partial charge in [-0.15, -0.1) is 0 Å². The van der Waals surface area contributed by atoms with Crippen LogP contribution in [0, 0.1) is 0 Å². The zero-order valence-electron chi connectivity index (χ0n) is 10.4. The van der Waals surface area contributed by atoms with Crippen molar-refractivity contribution in [3.63, 3.8) is 0 Å². The number of alkyl halides is 3. The minimum Gasteiger partial charge on any atom is -0.458 e. The molecule has 0 saturated carbocycles. The second kappa shape index (κ2) is 5.36. The highest BCUT2D eigenvalue weighted by Gasteiger charge is 2.30. The Morgan fingerprint density at radius 1 is 1.30 bits per heavy atom. The molecule has 0 atom stereocenters. The van der Waals surface area contributed by atoms with Crippen LogP contribution < -0.4 is 0 Å². The van der Waals surface area contributed by atoms with Crippen LogP contribution in [0.3, 0.4) is 0 Å². The monoisotopic (exact) mass is 285 g/mol. The Hall–Kier alpha value is -2.31.